The maximum atomic E-state index is 11.5. The summed E-state index contributed by atoms with van der Waals surface area (Å²) in [4.78, 5) is 17.5. The van der Waals surface area contributed by atoms with E-state index in [4.69, 9.17) is 4.74 Å². The standard InChI is InChI=1S/C13H26N4O2.HI/c1-4-14-13(15-8-7-12(18)17(2)3)16-10-11-6-5-9-19-11;/h11H,4-10H2,1-3H3,(H2,14,15,16);1H. The number of hydrogen-bond acceptors (Lipinski definition) is 3. The Kier molecular flexibility index (Phi) is 10.8. The Morgan fingerprint density at radius 1 is 1.40 bits per heavy atom. The van der Waals surface area contributed by atoms with Crippen LogP contribution in [0.2, 0.25) is 0 Å². The van der Waals surface area contributed by atoms with Crippen molar-refractivity contribution in [1.29, 1.82) is 0 Å². The van der Waals surface area contributed by atoms with E-state index >= 15 is 0 Å². The van der Waals surface area contributed by atoms with Gasteiger partial charge < -0.3 is 20.3 Å². The molecule has 7 heteroatoms. The third kappa shape index (κ3) is 7.88. The number of halogens is 1. The van der Waals surface area contributed by atoms with Crippen molar-refractivity contribution < 1.29 is 9.53 Å². The zero-order valence-corrected chi connectivity index (χ0v) is 15.0. The SMILES string of the molecule is CCNC(=NCC1CCCO1)NCCC(=O)N(C)C.I. The van der Waals surface area contributed by atoms with Gasteiger partial charge in [0.15, 0.2) is 5.96 Å². The van der Waals surface area contributed by atoms with Crippen LogP contribution in [0.4, 0.5) is 0 Å². The van der Waals surface area contributed by atoms with Gasteiger partial charge in [-0.2, -0.15) is 0 Å². The normalized spacial score (nSPS) is 18.4. The predicted molar refractivity (Wildman–Crippen MR) is 91.7 cm³/mol. The van der Waals surface area contributed by atoms with Gasteiger partial charge in [0.1, 0.15) is 0 Å². The monoisotopic (exact) mass is 398 g/mol. The lowest BCUT2D eigenvalue weighted by atomic mass is 10.2. The maximum Gasteiger partial charge on any atom is 0.223 e. The van der Waals surface area contributed by atoms with Crippen LogP contribution < -0.4 is 10.6 Å². The van der Waals surface area contributed by atoms with Crippen molar-refractivity contribution in [1.82, 2.24) is 15.5 Å². The molecule has 6 nitrogen and oxygen atoms in total. The fourth-order valence-electron chi connectivity index (χ4n) is 1.83. The summed E-state index contributed by atoms with van der Waals surface area (Å²) in [5.41, 5.74) is 0. The van der Waals surface area contributed by atoms with Crippen molar-refractivity contribution in [2.45, 2.75) is 32.3 Å². The van der Waals surface area contributed by atoms with Crippen molar-refractivity contribution >= 4 is 35.8 Å². The number of hydrogen-bond donors (Lipinski definition) is 2. The number of nitrogens with zero attached hydrogens (tertiary/aromatic N) is 2. The Morgan fingerprint density at radius 3 is 2.70 bits per heavy atom. The highest BCUT2D eigenvalue weighted by Crippen LogP contribution is 2.11. The van der Waals surface area contributed by atoms with Gasteiger partial charge in [-0.3, -0.25) is 9.79 Å². The van der Waals surface area contributed by atoms with Crippen LogP contribution >= 0.6 is 24.0 Å². The zero-order valence-electron chi connectivity index (χ0n) is 12.6. The molecule has 1 rings (SSSR count). The molecule has 0 aromatic carbocycles. The lowest BCUT2D eigenvalue weighted by Gasteiger charge is -2.14. The molecular weight excluding hydrogens is 371 g/mol. The average molecular weight is 398 g/mol. The fourth-order valence-corrected chi connectivity index (χ4v) is 1.83. The summed E-state index contributed by atoms with van der Waals surface area (Å²) >= 11 is 0. The number of carbonyl (C=O) groups is 1. The highest BCUT2D eigenvalue weighted by atomic mass is 127. The molecule has 20 heavy (non-hydrogen) atoms. The minimum atomic E-state index is 0. The Hall–Kier alpha value is -0.570. The summed E-state index contributed by atoms with van der Waals surface area (Å²) in [5, 5.41) is 6.33. The summed E-state index contributed by atoms with van der Waals surface area (Å²) in [7, 11) is 3.53. The first-order valence-electron chi connectivity index (χ1n) is 6.97. The average Bonchev–Trinajstić information content (AvgIpc) is 2.88. The number of carbonyl (C=O) groups excluding carboxylic acids is 1. The highest BCUT2D eigenvalue weighted by molar-refractivity contribution is 14.0. The Morgan fingerprint density at radius 2 is 2.15 bits per heavy atom. The minimum absolute atomic E-state index is 0. The molecule has 1 amide bonds. The molecule has 1 saturated heterocycles. The third-order valence-electron chi connectivity index (χ3n) is 2.95. The van der Waals surface area contributed by atoms with Crippen LogP contribution in [-0.4, -0.2) is 63.2 Å². The number of aliphatic imine (C=N–C) groups is 1. The molecule has 1 unspecified atom stereocenters. The quantitative estimate of drug-likeness (QED) is 0.395. The van der Waals surface area contributed by atoms with Gasteiger partial charge >= 0.3 is 0 Å². The van der Waals surface area contributed by atoms with Crippen LogP contribution in [0, 0.1) is 0 Å². The molecule has 1 heterocycles. The van der Waals surface area contributed by atoms with Crippen LogP contribution in [0.5, 0.6) is 0 Å². The van der Waals surface area contributed by atoms with Gasteiger partial charge in [-0.05, 0) is 19.8 Å². The Balaban J connectivity index is 0.00000361. The fraction of sp³-hybridized carbons (Fsp3) is 0.846. The molecule has 1 atom stereocenters. The summed E-state index contributed by atoms with van der Waals surface area (Å²) in [6.45, 7) is 4.94. The van der Waals surface area contributed by atoms with Crippen LogP contribution in [-0.2, 0) is 9.53 Å². The van der Waals surface area contributed by atoms with Crippen LogP contribution in [0.1, 0.15) is 26.2 Å². The summed E-state index contributed by atoms with van der Waals surface area (Å²) in [5.74, 6) is 0.868. The molecule has 0 aromatic heterocycles. The van der Waals surface area contributed by atoms with E-state index in [0.717, 1.165) is 32.0 Å². The van der Waals surface area contributed by atoms with E-state index in [1.807, 2.05) is 6.92 Å². The van der Waals surface area contributed by atoms with E-state index < -0.39 is 0 Å². The molecule has 0 saturated carbocycles. The molecule has 1 aliphatic rings. The molecule has 0 spiro atoms. The molecule has 1 fully saturated rings. The van der Waals surface area contributed by atoms with Crippen molar-refractivity contribution in [2.75, 3.05) is 40.3 Å². The van der Waals surface area contributed by atoms with E-state index in [2.05, 4.69) is 15.6 Å². The first kappa shape index (κ1) is 19.4. The Labute approximate surface area is 138 Å². The van der Waals surface area contributed by atoms with Crippen molar-refractivity contribution in [3.8, 4) is 0 Å². The summed E-state index contributed by atoms with van der Waals surface area (Å²) < 4.78 is 5.53. The minimum Gasteiger partial charge on any atom is -0.376 e. The van der Waals surface area contributed by atoms with Crippen molar-refractivity contribution in [2.24, 2.45) is 4.99 Å². The second kappa shape index (κ2) is 11.1. The molecular formula is C13H27IN4O2. The number of nitrogens with one attached hydrogen (secondary N) is 2. The molecule has 0 aliphatic carbocycles. The number of guanidine groups is 1. The van der Waals surface area contributed by atoms with E-state index in [9.17, 15) is 4.79 Å². The first-order chi connectivity index (χ1) is 9.13. The molecule has 2 N–H and O–H groups in total. The number of amides is 1. The van der Waals surface area contributed by atoms with Gasteiger partial charge in [0, 0.05) is 40.2 Å². The lowest BCUT2D eigenvalue weighted by Crippen LogP contribution is -2.39. The Bertz CT molecular complexity index is 305. The van der Waals surface area contributed by atoms with Gasteiger partial charge in [-0.25, -0.2) is 0 Å². The lowest BCUT2D eigenvalue weighted by molar-refractivity contribution is -0.128. The first-order valence-corrected chi connectivity index (χ1v) is 6.97. The van der Waals surface area contributed by atoms with Crippen molar-refractivity contribution in [3.63, 3.8) is 0 Å². The van der Waals surface area contributed by atoms with Gasteiger partial charge in [0.05, 0.1) is 12.6 Å². The summed E-state index contributed by atoms with van der Waals surface area (Å²) in [6, 6.07) is 0. The van der Waals surface area contributed by atoms with Crippen LogP contribution in [0.15, 0.2) is 4.99 Å². The van der Waals surface area contributed by atoms with Gasteiger partial charge in [0.25, 0.3) is 0 Å². The van der Waals surface area contributed by atoms with Crippen LogP contribution in [0.25, 0.3) is 0 Å². The van der Waals surface area contributed by atoms with E-state index in [0.29, 0.717) is 19.5 Å². The molecule has 0 bridgehead atoms. The molecule has 0 aromatic rings. The summed E-state index contributed by atoms with van der Waals surface area (Å²) in [6.07, 6.45) is 2.93. The number of rotatable bonds is 6. The van der Waals surface area contributed by atoms with E-state index in [1.54, 1.807) is 19.0 Å². The van der Waals surface area contributed by atoms with E-state index in [1.165, 1.54) is 0 Å². The van der Waals surface area contributed by atoms with Crippen LogP contribution in [0.3, 0.4) is 0 Å². The zero-order chi connectivity index (χ0) is 14.1. The smallest absolute Gasteiger partial charge is 0.223 e. The largest absolute Gasteiger partial charge is 0.376 e. The molecule has 0 radical (unpaired) electrons. The molecule has 1 aliphatic heterocycles. The predicted octanol–water partition coefficient (Wildman–Crippen LogP) is 0.817. The number of ether oxygens (including phenoxy) is 1. The third-order valence-corrected chi connectivity index (χ3v) is 2.95. The molecule has 118 valence electrons. The van der Waals surface area contributed by atoms with Gasteiger partial charge in [-0.15, -0.1) is 24.0 Å². The van der Waals surface area contributed by atoms with Gasteiger partial charge in [-0.1, -0.05) is 0 Å². The second-order valence-electron chi connectivity index (χ2n) is 4.82. The maximum absolute atomic E-state index is 11.5. The second-order valence-corrected chi connectivity index (χ2v) is 4.82. The van der Waals surface area contributed by atoms with Crippen molar-refractivity contribution in [3.05, 3.63) is 0 Å². The topological polar surface area (TPSA) is 66.0 Å². The van der Waals surface area contributed by atoms with Gasteiger partial charge in [0.2, 0.25) is 5.91 Å². The van der Waals surface area contributed by atoms with E-state index in [-0.39, 0.29) is 36.0 Å². The highest BCUT2D eigenvalue weighted by Gasteiger charge is 2.14.